The predicted octanol–water partition coefficient (Wildman–Crippen LogP) is 11.2. The quantitative estimate of drug-likeness (QED) is 0.196. The molecule has 0 amide bonds. The van der Waals surface area contributed by atoms with E-state index in [1.807, 2.05) is 0 Å². The van der Waals surface area contributed by atoms with Crippen molar-refractivity contribution in [2.75, 3.05) is 0 Å². The second kappa shape index (κ2) is 12.4. The zero-order chi connectivity index (χ0) is 25.1. The van der Waals surface area contributed by atoms with Crippen molar-refractivity contribution in [1.29, 1.82) is 0 Å². The van der Waals surface area contributed by atoms with Gasteiger partial charge in [-0.05, 0) is 62.5 Å². The molecule has 4 aliphatic rings. The van der Waals surface area contributed by atoms with Gasteiger partial charge in [0, 0.05) is 11.8 Å². The minimum Gasteiger partial charge on any atom is -0.358 e. The van der Waals surface area contributed by atoms with Crippen molar-refractivity contribution in [1.82, 2.24) is 0 Å². The van der Waals surface area contributed by atoms with E-state index in [1.165, 1.54) is 72.9 Å². The maximum absolute atomic E-state index is 2.52. The van der Waals surface area contributed by atoms with E-state index in [4.69, 9.17) is 0 Å². The molecule has 0 aliphatic heterocycles. The Morgan fingerprint density at radius 3 is 1.44 bits per heavy atom. The Bertz CT molecular complexity index is 1550. The van der Waals surface area contributed by atoms with Gasteiger partial charge in [0.2, 0.25) is 0 Å². The average molecular weight is 614 g/mol. The number of aryl methyl sites for hydroxylation is 2. The molecule has 4 aliphatic carbocycles. The van der Waals surface area contributed by atoms with Crippen LogP contribution in [-0.2, 0) is 39.0 Å². The molecule has 0 heterocycles. The van der Waals surface area contributed by atoms with E-state index in [9.17, 15) is 0 Å². The summed E-state index contributed by atoms with van der Waals surface area (Å²) in [6.45, 7) is 0. The van der Waals surface area contributed by atoms with Crippen molar-refractivity contribution >= 4 is 21.5 Å². The Morgan fingerprint density at radius 2 is 0.976 bits per heavy atom. The molecule has 8 rings (SSSR count). The topological polar surface area (TPSA) is 0 Å². The largest absolute Gasteiger partial charge is 4.00 e. The summed E-state index contributed by atoms with van der Waals surface area (Å²) in [6, 6.07) is 23.3. The summed E-state index contributed by atoms with van der Waals surface area (Å²) < 4.78 is 0. The molecule has 0 aromatic heterocycles. The monoisotopic (exact) mass is 612 g/mol. The van der Waals surface area contributed by atoms with E-state index < -0.39 is 0 Å². The first-order valence-electron chi connectivity index (χ1n) is 15.0. The third-order valence-electron chi connectivity index (χ3n) is 10.0. The van der Waals surface area contributed by atoms with Crippen LogP contribution >= 0.6 is 0 Å². The first-order valence-corrected chi connectivity index (χ1v) is 15.0. The van der Waals surface area contributed by atoms with E-state index in [1.54, 1.807) is 44.5 Å². The molecule has 0 fully saturated rings. The van der Waals surface area contributed by atoms with Gasteiger partial charge in [0.1, 0.15) is 0 Å². The van der Waals surface area contributed by atoms with Gasteiger partial charge in [-0.25, -0.2) is 0 Å². The van der Waals surface area contributed by atoms with Gasteiger partial charge in [-0.3, -0.25) is 0 Å². The Kier molecular flexibility index (Phi) is 9.06. The molecule has 0 saturated heterocycles. The fourth-order valence-electron chi connectivity index (χ4n) is 8.21. The number of hydrogen-bond acceptors (Lipinski definition) is 0. The summed E-state index contributed by atoms with van der Waals surface area (Å²) in [6.07, 6.45) is 22.6. The summed E-state index contributed by atoms with van der Waals surface area (Å²) in [5, 5.41) is 5.77. The van der Waals surface area contributed by atoms with E-state index in [0.29, 0.717) is 11.8 Å². The van der Waals surface area contributed by atoms with E-state index in [0.717, 1.165) is 12.8 Å². The van der Waals surface area contributed by atoms with Crippen LogP contribution in [0.5, 0.6) is 0 Å². The van der Waals surface area contributed by atoms with E-state index in [2.05, 4.69) is 85.0 Å². The number of rotatable bonds is 5. The van der Waals surface area contributed by atoms with Gasteiger partial charge >= 0.3 is 26.2 Å². The summed E-state index contributed by atoms with van der Waals surface area (Å²) >= 11 is 0. The first kappa shape index (κ1) is 30.0. The van der Waals surface area contributed by atoms with Crippen LogP contribution in [0.3, 0.4) is 0 Å². The maximum Gasteiger partial charge on any atom is 4.00 e. The Hall–Kier alpha value is -2.50. The molecule has 2 unspecified atom stereocenters. The Balaban J connectivity index is 0.00000112. The predicted molar refractivity (Wildman–Crippen MR) is 174 cm³/mol. The smallest absolute Gasteiger partial charge is 0.358 e. The molecule has 0 N–H and O–H groups in total. The number of fused-ring (bicyclic) bond motifs is 2. The van der Waals surface area contributed by atoms with Crippen LogP contribution in [0.15, 0.2) is 107 Å². The van der Waals surface area contributed by atoms with E-state index in [-0.39, 0.29) is 41.1 Å². The number of allylic oxidation sites excluding steroid dienone is 8. The summed E-state index contributed by atoms with van der Waals surface area (Å²) in [7, 11) is 0. The molecule has 4 aromatic carbocycles. The Morgan fingerprint density at radius 1 is 0.561 bits per heavy atom. The van der Waals surface area contributed by atoms with Crippen molar-refractivity contribution in [2.45, 2.75) is 76.0 Å². The molecule has 206 valence electrons. The molecule has 4 aromatic rings. The molecule has 0 radical (unpaired) electrons. The van der Waals surface area contributed by atoms with Gasteiger partial charge < -0.3 is 14.9 Å². The van der Waals surface area contributed by atoms with Gasteiger partial charge in [-0.15, -0.1) is 92.3 Å². The zero-order valence-electron chi connectivity index (χ0n) is 24.8. The minimum absolute atomic E-state index is 0. The molecule has 2 atom stereocenters. The van der Waals surface area contributed by atoms with Gasteiger partial charge in [-0.1, -0.05) is 60.4 Å². The van der Waals surface area contributed by atoms with Crippen LogP contribution in [0, 0.1) is 14.9 Å². The third kappa shape index (κ3) is 5.08. The van der Waals surface area contributed by atoms with Crippen molar-refractivity contribution < 1.29 is 26.2 Å². The van der Waals surface area contributed by atoms with Gasteiger partial charge in [0.25, 0.3) is 0 Å². The van der Waals surface area contributed by atoms with E-state index >= 15 is 0 Å². The fraction of sp³-hybridized carbons (Fsp3) is 0.300. The van der Waals surface area contributed by atoms with Crippen LogP contribution in [-0.4, -0.2) is 0 Å². The van der Waals surface area contributed by atoms with Crippen LogP contribution < -0.4 is 0 Å². The Labute approximate surface area is 266 Å². The number of benzene rings is 2. The van der Waals surface area contributed by atoms with Crippen molar-refractivity contribution in [3.63, 3.8) is 0 Å². The van der Waals surface area contributed by atoms with Crippen LogP contribution in [0.25, 0.3) is 21.5 Å². The molecule has 0 bridgehead atoms. The molecule has 0 saturated carbocycles. The molecule has 0 nitrogen and oxygen atoms in total. The molecule has 41 heavy (non-hydrogen) atoms. The fourth-order valence-corrected chi connectivity index (χ4v) is 8.21. The first-order chi connectivity index (χ1) is 18.8. The molecular formula is C40H42Zr. The summed E-state index contributed by atoms with van der Waals surface area (Å²) in [5.74, 6) is 0.965. The molecular weight excluding hydrogens is 572 g/mol. The molecule has 0 spiro atoms. The third-order valence-corrected chi connectivity index (χ3v) is 10.0. The minimum atomic E-state index is 0. The standard InChI is InChI=1S/C38H36.2CH3.Zr/c1-5-13-29-25(9-1)17-19-33(29)37-23-27-11-3-7-15-31(27)35(37)21-22-36-32-16-8-4-12-28(32)24-38(36)34-20-18-26-10-2-6-14-30(26)34;;;/h3-4,7-8,11-12,15-20,23-24,33-34H,1-2,5-6,9-10,13-14,21-22H2;2*1H3;/q-2;2*-1;+4. The molecule has 1 heteroatoms. The van der Waals surface area contributed by atoms with Crippen molar-refractivity contribution in [3.8, 4) is 0 Å². The van der Waals surface area contributed by atoms with Crippen molar-refractivity contribution in [3.05, 3.63) is 144 Å². The normalized spacial score (nSPS) is 21.1. The van der Waals surface area contributed by atoms with Gasteiger partial charge in [-0.2, -0.15) is 0 Å². The van der Waals surface area contributed by atoms with Crippen molar-refractivity contribution in [2.24, 2.45) is 0 Å². The number of hydrogen-bond donors (Lipinski definition) is 0. The van der Waals surface area contributed by atoms with Crippen LogP contribution in [0.1, 0.15) is 85.5 Å². The van der Waals surface area contributed by atoms with Gasteiger partial charge in [0.15, 0.2) is 0 Å². The van der Waals surface area contributed by atoms with Crippen LogP contribution in [0.4, 0.5) is 0 Å². The van der Waals surface area contributed by atoms with Gasteiger partial charge in [0.05, 0.1) is 0 Å². The zero-order valence-corrected chi connectivity index (χ0v) is 27.3. The summed E-state index contributed by atoms with van der Waals surface area (Å²) in [4.78, 5) is 0. The SMILES string of the molecule is C1=CC(c2[cH-]c3ccccc3c2CCc2c(C3C=CC4=C3CCCC4)[cH-]c3ccccc23)C2=C1CCCC2.[CH3-].[CH3-].[Zr+4]. The second-order valence-electron chi connectivity index (χ2n) is 12.0. The van der Waals surface area contributed by atoms with Crippen LogP contribution in [0.2, 0.25) is 0 Å². The second-order valence-corrected chi connectivity index (χ2v) is 12.0. The summed E-state index contributed by atoms with van der Waals surface area (Å²) in [5.41, 5.74) is 13.0. The average Bonchev–Trinajstić information content (AvgIpc) is 3.74. The maximum atomic E-state index is 2.52.